The van der Waals surface area contributed by atoms with Gasteiger partial charge in [0, 0.05) is 23.0 Å². The molecule has 0 aliphatic heterocycles. The molecule has 3 aliphatic carbocycles. The number of hydrogen-bond acceptors (Lipinski definition) is 4. The third-order valence-corrected chi connectivity index (χ3v) is 7.42. The molecule has 0 spiro atoms. The molecule has 2 bridgehead atoms. The molecule has 4 aromatic carbocycles. The summed E-state index contributed by atoms with van der Waals surface area (Å²) < 4.78 is 10.4. The Hall–Kier alpha value is -4.80. The summed E-state index contributed by atoms with van der Waals surface area (Å²) in [6.45, 7) is 0. The number of terminal acetylenes is 2. The minimum Gasteiger partial charge on any atom is -0.466 e. The molecular formula is C32H20O4. The van der Waals surface area contributed by atoms with Gasteiger partial charge in [-0.15, -0.1) is 12.8 Å². The van der Waals surface area contributed by atoms with Crippen molar-refractivity contribution in [2.24, 2.45) is 0 Å². The fourth-order valence-corrected chi connectivity index (χ4v) is 6.06. The van der Waals surface area contributed by atoms with Gasteiger partial charge < -0.3 is 9.47 Å². The highest BCUT2D eigenvalue weighted by atomic mass is 16.5. The number of carbonyl (C=O) groups is 2. The van der Waals surface area contributed by atoms with E-state index in [1.807, 2.05) is 48.5 Å². The molecular weight excluding hydrogens is 448 g/mol. The molecule has 0 saturated heterocycles. The Labute approximate surface area is 208 Å². The van der Waals surface area contributed by atoms with Gasteiger partial charge in [-0.3, -0.25) is 0 Å². The van der Waals surface area contributed by atoms with E-state index in [1.54, 1.807) is 0 Å². The second-order valence-electron chi connectivity index (χ2n) is 8.92. The van der Waals surface area contributed by atoms with Gasteiger partial charge >= 0.3 is 11.9 Å². The third-order valence-electron chi connectivity index (χ3n) is 7.42. The smallest absolute Gasteiger partial charge is 0.335 e. The fourth-order valence-electron chi connectivity index (χ4n) is 6.06. The van der Waals surface area contributed by atoms with Crippen LogP contribution in [0.5, 0.6) is 0 Å². The number of benzene rings is 4. The van der Waals surface area contributed by atoms with E-state index in [-0.39, 0.29) is 11.1 Å². The summed E-state index contributed by atoms with van der Waals surface area (Å²) in [6, 6.07) is 19.9. The molecule has 0 radical (unpaired) electrons. The topological polar surface area (TPSA) is 52.6 Å². The summed E-state index contributed by atoms with van der Waals surface area (Å²) in [7, 11) is 2.61. The standard InChI is InChI=1S/C32H20O4/c1-5-19-23-15-17-11-7-8-12-18(17)16-24(23)20(6-2)26-25(19)27-21-13-9-10-14-22(21)28(26)30(32(34)36-4)29(27)31(33)35-3/h1-2,7-16,27-28H,3-4H3. The van der Waals surface area contributed by atoms with E-state index in [1.165, 1.54) is 14.2 Å². The average molecular weight is 469 g/mol. The minimum absolute atomic E-state index is 0.250. The molecule has 4 aromatic rings. The zero-order valence-electron chi connectivity index (χ0n) is 19.7. The van der Waals surface area contributed by atoms with Crippen molar-refractivity contribution in [1.29, 1.82) is 0 Å². The molecule has 0 N–H and O–H groups in total. The van der Waals surface area contributed by atoms with Crippen LogP contribution >= 0.6 is 0 Å². The van der Waals surface area contributed by atoms with Gasteiger partial charge in [-0.05, 0) is 55.9 Å². The summed E-state index contributed by atoms with van der Waals surface area (Å²) in [4.78, 5) is 26.4. The largest absolute Gasteiger partial charge is 0.466 e. The van der Waals surface area contributed by atoms with Crippen LogP contribution in [-0.2, 0) is 19.1 Å². The van der Waals surface area contributed by atoms with Gasteiger partial charge in [-0.2, -0.15) is 0 Å². The molecule has 0 fully saturated rings. The molecule has 0 heterocycles. The van der Waals surface area contributed by atoms with Crippen LogP contribution in [0, 0.1) is 24.7 Å². The lowest BCUT2D eigenvalue weighted by atomic mass is 9.58. The van der Waals surface area contributed by atoms with E-state index in [0.29, 0.717) is 11.1 Å². The fraction of sp³-hybridized carbons (Fsp3) is 0.125. The van der Waals surface area contributed by atoms with Crippen LogP contribution in [0.15, 0.2) is 71.8 Å². The van der Waals surface area contributed by atoms with E-state index in [9.17, 15) is 9.59 Å². The summed E-state index contributed by atoms with van der Waals surface area (Å²) in [5.74, 6) is 3.41. The first-order chi connectivity index (χ1) is 17.5. The van der Waals surface area contributed by atoms with E-state index < -0.39 is 23.8 Å². The first kappa shape index (κ1) is 21.7. The predicted molar refractivity (Wildman–Crippen MR) is 139 cm³/mol. The van der Waals surface area contributed by atoms with E-state index in [2.05, 4.69) is 24.0 Å². The lowest BCUT2D eigenvalue weighted by Gasteiger charge is -2.43. The summed E-state index contributed by atoms with van der Waals surface area (Å²) in [5.41, 5.74) is 5.21. The maximum Gasteiger partial charge on any atom is 0.335 e. The Morgan fingerprint density at radius 2 is 1.08 bits per heavy atom. The van der Waals surface area contributed by atoms with Crippen molar-refractivity contribution < 1.29 is 19.1 Å². The monoisotopic (exact) mass is 468 g/mol. The molecule has 36 heavy (non-hydrogen) atoms. The lowest BCUT2D eigenvalue weighted by Crippen LogP contribution is -2.36. The molecule has 7 rings (SSSR count). The number of esters is 2. The predicted octanol–water partition coefficient (Wildman–Crippen LogP) is 5.19. The second-order valence-corrected chi connectivity index (χ2v) is 8.92. The molecule has 0 saturated carbocycles. The maximum atomic E-state index is 13.2. The molecule has 0 aromatic heterocycles. The normalized spacial score (nSPS) is 17.2. The van der Waals surface area contributed by atoms with Crippen LogP contribution in [0.3, 0.4) is 0 Å². The molecule has 2 atom stereocenters. The van der Waals surface area contributed by atoms with Crippen LogP contribution in [0.4, 0.5) is 0 Å². The second kappa shape index (κ2) is 7.87. The summed E-state index contributed by atoms with van der Waals surface area (Å²) in [5, 5.41) is 3.75. The first-order valence-corrected chi connectivity index (χ1v) is 11.5. The van der Waals surface area contributed by atoms with Crippen molar-refractivity contribution >= 4 is 33.5 Å². The third kappa shape index (κ3) is 2.67. The van der Waals surface area contributed by atoms with Crippen molar-refractivity contribution in [3.8, 4) is 24.7 Å². The Bertz CT molecular complexity index is 1650. The molecule has 4 heteroatoms. The first-order valence-electron chi connectivity index (χ1n) is 11.5. The van der Waals surface area contributed by atoms with Gasteiger partial charge in [0.2, 0.25) is 0 Å². The Kier molecular flexibility index (Phi) is 4.75. The van der Waals surface area contributed by atoms with E-state index in [4.69, 9.17) is 22.3 Å². The van der Waals surface area contributed by atoms with Crippen molar-refractivity contribution in [1.82, 2.24) is 0 Å². The zero-order valence-corrected chi connectivity index (χ0v) is 19.7. The van der Waals surface area contributed by atoms with Crippen LogP contribution in [0.25, 0.3) is 21.5 Å². The molecule has 4 nitrogen and oxygen atoms in total. The van der Waals surface area contributed by atoms with Crippen molar-refractivity contribution in [3.05, 3.63) is 105 Å². The Morgan fingerprint density at radius 1 is 0.694 bits per heavy atom. The van der Waals surface area contributed by atoms with Crippen molar-refractivity contribution in [3.63, 3.8) is 0 Å². The quantitative estimate of drug-likeness (QED) is 0.231. The van der Waals surface area contributed by atoms with Gasteiger partial charge in [0.1, 0.15) is 0 Å². The summed E-state index contributed by atoms with van der Waals surface area (Å²) >= 11 is 0. The number of methoxy groups -OCH3 is 2. The highest BCUT2D eigenvalue weighted by molar-refractivity contribution is 6.10. The molecule has 3 aliphatic rings. The zero-order chi connectivity index (χ0) is 25.1. The van der Waals surface area contributed by atoms with Gasteiger partial charge in [0.15, 0.2) is 0 Å². The lowest BCUT2D eigenvalue weighted by molar-refractivity contribution is -0.140. The summed E-state index contributed by atoms with van der Waals surface area (Å²) in [6.07, 6.45) is 12.4. The van der Waals surface area contributed by atoms with Crippen LogP contribution in [0.1, 0.15) is 45.2 Å². The van der Waals surface area contributed by atoms with Gasteiger partial charge in [-0.25, -0.2) is 9.59 Å². The molecule has 0 amide bonds. The number of ether oxygens (including phenoxy) is 2. The number of rotatable bonds is 2. The Morgan fingerprint density at radius 3 is 1.44 bits per heavy atom. The number of hydrogen-bond donors (Lipinski definition) is 0. The van der Waals surface area contributed by atoms with Gasteiger partial charge in [0.25, 0.3) is 0 Å². The Balaban J connectivity index is 1.85. The molecule has 2 unspecified atom stereocenters. The van der Waals surface area contributed by atoms with E-state index >= 15 is 0 Å². The van der Waals surface area contributed by atoms with Crippen molar-refractivity contribution in [2.75, 3.05) is 14.2 Å². The minimum atomic E-state index is -0.614. The van der Waals surface area contributed by atoms with Crippen molar-refractivity contribution in [2.45, 2.75) is 11.8 Å². The van der Waals surface area contributed by atoms with Crippen LogP contribution in [0.2, 0.25) is 0 Å². The maximum absolute atomic E-state index is 13.2. The van der Waals surface area contributed by atoms with Gasteiger partial charge in [0.05, 0.1) is 25.4 Å². The van der Waals surface area contributed by atoms with E-state index in [0.717, 1.165) is 43.8 Å². The number of carbonyl (C=O) groups excluding carboxylic acids is 2. The average Bonchev–Trinajstić information content (AvgIpc) is 2.93. The SMILES string of the molecule is C#Cc1c2c(c(C#C)c3cc4ccccc4cc13)C1C(C(=O)OC)=C(C(=O)OC)C2c2ccccc21. The van der Waals surface area contributed by atoms with Gasteiger partial charge in [-0.1, -0.05) is 60.4 Å². The number of fused-ring (bicyclic) bond motifs is 2. The van der Waals surface area contributed by atoms with Crippen LogP contribution < -0.4 is 0 Å². The van der Waals surface area contributed by atoms with Crippen LogP contribution in [-0.4, -0.2) is 26.2 Å². The highest BCUT2D eigenvalue weighted by Crippen LogP contribution is 2.59. The molecule has 172 valence electrons. The highest BCUT2D eigenvalue weighted by Gasteiger charge is 2.50.